The van der Waals surface area contributed by atoms with Gasteiger partial charge in [0.15, 0.2) is 0 Å². The smallest absolute Gasteiger partial charge is 0.437 e. The highest BCUT2D eigenvalue weighted by Crippen LogP contribution is 2.27. The number of benzene rings is 2. The fraction of sp³-hybridized carbons (Fsp3) is 0.523. The molecule has 60 heavy (non-hydrogen) atoms. The molecule has 4 rings (SSSR count). The Hall–Kier alpha value is -5.93. The molecule has 2 aliphatic heterocycles. The van der Waals surface area contributed by atoms with Crippen molar-refractivity contribution in [2.75, 3.05) is 25.0 Å². The highest BCUT2D eigenvalue weighted by molar-refractivity contribution is 6.05. The van der Waals surface area contributed by atoms with Gasteiger partial charge in [-0.1, -0.05) is 24.3 Å². The Kier molecular flexibility index (Phi) is 14.5. The van der Waals surface area contributed by atoms with E-state index in [0.29, 0.717) is 50.3 Å². The molecule has 2 heterocycles. The zero-order chi connectivity index (χ0) is 44.8. The van der Waals surface area contributed by atoms with Crippen molar-refractivity contribution in [1.82, 2.24) is 20.4 Å². The lowest BCUT2D eigenvalue weighted by atomic mass is 9.95. The van der Waals surface area contributed by atoms with Crippen LogP contribution in [0.15, 0.2) is 52.5 Å². The maximum atomic E-state index is 13.6. The molecule has 0 bridgehead atoms. The number of anilines is 1. The van der Waals surface area contributed by atoms with Crippen LogP contribution in [0.3, 0.4) is 0 Å². The van der Waals surface area contributed by atoms with Crippen molar-refractivity contribution >= 4 is 53.5 Å². The Morgan fingerprint density at radius 3 is 1.62 bits per heavy atom. The van der Waals surface area contributed by atoms with E-state index in [1.165, 1.54) is 0 Å². The van der Waals surface area contributed by atoms with Crippen molar-refractivity contribution < 1.29 is 42.9 Å². The number of guanidine groups is 2. The lowest BCUT2D eigenvalue weighted by molar-refractivity contribution is 0.0535. The summed E-state index contributed by atoms with van der Waals surface area (Å²) >= 11 is 0. The average molecular weight is 832 g/mol. The summed E-state index contributed by atoms with van der Waals surface area (Å²) in [5.74, 6) is -0.258. The molecular formula is C44H61N7O9. The van der Waals surface area contributed by atoms with Crippen LogP contribution in [0, 0.1) is 6.92 Å². The topological polar surface area (TPSA) is 190 Å². The van der Waals surface area contributed by atoms with Crippen molar-refractivity contribution in [3.05, 3.63) is 70.3 Å². The summed E-state index contributed by atoms with van der Waals surface area (Å²) in [6.45, 7) is 24.2. The van der Waals surface area contributed by atoms with Gasteiger partial charge in [0.05, 0.1) is 0 Å². The number of carbonyl (C=O) groups is 5. The minimum atomic E-state index is -0.852. The maximum absolute atomic E-state index is 13.6. The second-order valence-electron chi connectivity index (χ2n) is 18.6. The zero-order valence-corrected chi connectivity index (χ0v) is 37.2. The summed E-state index contributed by atoms with van der Waals surface area (Å²) in [6, 6.07) is 11.3. The fourth-order valence-corrected chi connectivity index (χ4v) is 6.14. The highest BCUT2D eigenvalue weighted by atomic mass is 16.6. The summed E-state index contributed by atoms with van der Waals surface area (Å²) in [6.07, 6.45) is -0.0367. The molecule has 0 saturated carbocycles. The molecule has 16 heteroatoms. The number of hydrogen-bond donors (Lipinski definition) is 3. The SMILES string of the molecule is Cc1cc(C2=CCN(C(=NC(=O)OC(C)(C)C)NC(=O)OC(C)(C)C)CC2)ccc1C(=O)Nc1ccc2c(c1)CN(C(=NC(=O)OC(C)(C)C)NC(=O)OC(C)(C)C)CC2. The number of fused-ring (bicyclic) bond motifs is 1. The number of amides is 5. The third-order valence-electron chi connectivity index (χ3n) is 8.53. The van der Waals surface area contributed by atoms with E-state index in [2.05, 4.69) is 25.9 Å². The number of aryl methyl sites for hydroxylation is 1. The number of nitrogens with zero attached hydrogens (tertiary/aromatic N) is 4. The number of carbonyl (C=O) groups excluding carboxylic acids is 5. The Bertz CT molecular complexity index is 2060. The number of aliphatic imine (C=N–C) groups is 2. The van der Waals surface area contributed by atoms with Crippen molar-refractivity contribution in [2.45, 2.75) is 132 Å². The third-order valence-corrected chi connectivity index (χ3v) is 8.53. The quantitative estimate of drug-likeness (QED) is 0.153. The van der Waals surface area contributed by atoms with Crippen molar-refractivity contribution in [3.63, 3.8) is 0 Å². The lowest BCUT2D eigenvalue weighted by Crippen LogP contribution is -2.48. The summed E-state index contributed by atoms with van der Waals surface area (Å²) in [5, 5.41) is 8.25. The fourth-order valence-electron chi connectivity index (χ4n) is 6.14. The Labute approximate surface area is 353 Å². The van der Waals surface area contributed by atoms with Crippen molar-refractivity contribution in [1.29, 1.82) is 0 Å². The van der Waals surface area contributed by atoms with Gasteiger partial charge >= 0.3 is 24.4 Å². The van der Waals surface area contributed by atoms with E-state index in [1.807, 2.05) is 43.3 Å². The second-order valence-corrected chi connectivity index (χ2v) is 18.6. The molecule has 5 amide bonds. The van der Waals surface area contributed by atoms with Gasteiger partial charge in [-0.3, -0.25) is 15.4 Å². The molecule has 326 valence electrons. The summed E-state index contributed by atoms with van der Waals surface area (Å²) in [4.78, 5) is 76.1. The molecule has 2 aromatic rings. The van der Waals surface area contributed by atoms with Gasteiger partial charge in [0, 0.05) is 37.4 Å². The second kappa shape index (κ2) is 18.6. The Balaban J connectivity index is 1.47. The van der Waals surface area contributed by atoms with Crippen LogP contribution in [-0.4, -0.2) is 94.0 Å². The van der Waals surface area contributed by atoms with Crippen LogP contribution < -0.4 is 16.0 Å². The van der Waals surface area contributed by atoms with Gasteiger partial charge in [-0.2, -0.15) is 0 Å². The van der Waals surface area contributed by atoms with Crippen LogP contribution in [-0.2, 0) is 31.9 Å². The van der Waals surface area contributed by atoms with Gasteiger partial charge in [0.1, 0.15) is 22.4 Å². The van der Waals surface area contributed by atoms with E-state index in [-0.39, 0.29) is 17.8 Å². The first-order valence-corrected chi connectivity index (χ1v) is 20.0. The van der Waals surface area contributed by atoms with Crippen LogP contribution in [0.25, 0.3) is 5.57 Å². The molecule has 0 spiro atoms. The molecule has 16 nitrogen and oxygen atoms in total. The highest BCUT2D eigenvalue weighted by Gasteiger charge is 2.28. The molecule has 0 aromatic heterocycles. The van der Waals surface area contributed by atoms with Gasteiger partial charge in [0.25, 0.3) is 5.91 Å². The number of rotatable bonds is 3. The van der Waals surface area contributed by atoms with E-state index in [9.17, 15) is 24.0 Å². The van der Waals surface area contributed by atoms with E-state index in [4.69, 9.17) is 18.9 Å². The first kappa shape index (κ1) is 46.8. The molecule has 2 aromatic carbocycles. The minimum absolute atomic E-state index is 0.00179. The number of ether oxygens (including phenoxy) is 4. The molecule has 2 aliphatic rings. The summed E-state index contributed by atoms with van der Waals surface area (Å²) in [5.41, 5.74) is 2.67. The summed E-state index contributed by atoms with van der Waals surface area (Å²) < 4.78 is 21.6. The van der Waals surface area contributed by atoms with Crippen molar-refractivity contribution in [2.24, 2.45) is 9.98 Å². The van der Waals surface area contributed by atoms with Gasteiger partial charge in [-0.15, -0.1) is 9.98 Å². The molecular weight excluding hydrogens is 771 g/mol. The van der Waals surface area contributed by atoms with Crippen LogP contribution in [0.1, 0.15) is 122 Å². The van der Waals surface area contributed by atoms with Gasteiger partial charge in [-0.25, -0.2) is 19.2 Å². The normalized spacial score (nSPS) is 15.2. The molecule has 0 aliphatic carbocycles. The molecule has 0 radical (unpaired) electrons. The first-order chi connectivity index (χ1) is 27.6. The van der Waals surface area contributed by atoms with E-state index in [1.54, 1.807) is 99.0 Å². The van der Waals surface area contributed by atoms with Crippen LogP contribution in [0.4, 0.5) is 24.9 Å². The zero-order valence-electron chi connectivity index (χ0n) is 37.2. The monoisotopic (exact) mass is 831 g/mol. The largest absolute Gasteiger partial charge is 0.444 e. The number of alkyl carbamates (subject to hydrolysis) is 2. The maximum Gasteiger partial charge on any atom is 0.437 e. The third kappa shape index (κ3) is 15.0. The molecule has 0 unspecified atom stereocenters. The predicted octanol–water partition coefficient (Wildman–Crippen LogP) is 8.33. The molecule has 0 fully saturated rings. The number of hydrogen-bond acceptors (Lipinski definition) is 9. The van der Waals surface area contributed by atoms with E-state index in [0.717, 1.165) is 27.8 Å². The molecule has 0 atom stereocenters. The first-order valence-electron chi connectivity index (χ1n) is 20.0. The predicted molar refractivity (Wildman–Crippen MR) is 230 cm³/mol. The lowest BCUT2D eigenvalue weighted by Gasteiger charge is -2.32. The van der Waals surface area contributed by atoms with Gasteiger partial charge in [-0.05, 0) is 149 Å². The Morgan fingerprint density at radius 1 is 0.617 bits per heavy atom. The standard InChI is InChI=1S/C44H61N7O9/c1-27-24-30(29-18-21-50(22-19-29)35(46-37(53)57-41(2,3)4)47-38(54)58-42(5,6)7)15-17-33(27)34(52)45-32-16-14-28-20-23-51(26-31(28)25-32)36(48-39(55)59-43(8,9)10)49-40(56)60-44(11,12)13/h14-18,24-25H,19-23,26H2,1-13H3,(H,45,52)(H,46,47,53,54)(H,48,49,55,56). The minimum Gasteiger partial charge on any atom is -0.444 e. The molecule has 0 saturated heterocycles. The van der Waals surface area contributed by atoms with Crippen LogP contribution in [0.2, 0.25) is 0 Å². The van der Waals surface area contributed by atoms with Crippen molar-refractivity contribution in [3.8, 4) is 0 Å². The van der Waals surface area contributed by atoms with E-state index >= 15 is 0 Å². The van der Waals surface area contributed by atoms with E-state index < -0.39 is 46.8 Å². The Morgan fingerprint density at radius 2 is 1.13 bits per heavy atom. The van der Waals surface area contributed by atoms with Crippen LogP contribution >= 0.6 is 0 Å². The summed E-state index contributed by atoms with van der Waals surface area (Å²) in [7, 11) is 0. The van der Waals surface area contributed by atoms with Gasteiger partial charge in [0.2, 0.25) is 11.9 Å². The van der Waals surface area contributed by atoms with Crippen LogP contribution in [0.5, 0.6) is 0 Å². The van der Waals surface area contributed by atoms with Gasteiger partial charge < -0.3 is 34.1 Å². The number of nitrogens with one attached hydrogen (secondary N) is 3. The molecule has 3 N–H and O–H groups in total. The average Bonchev–Trinajstić information content (AvgIpc) is 3.07.